The Balaban J connectivity index is 2.27. The number of anilines is 1. The zero-order chi connectivity index (χ0) is 18.1. The van der Waals surface area contributed by atoms with Crippen LogP contribution in [-0.4, -0.2) is 17.0 Å². The van der Waals surface area contributed by atoms with Crippen molar-refractivity contribution in [2.75, 3.05) is 5.32 Å². The molecule has 1 aromatic heterocycles. The summed E-state index contributed by atoms with van der Waals surface area (Å²) >= 11 is 0. The fraction of sp³-hybridized carbons (Fsp3) is 0.0556. The molecule has 0 spiro atoms. The number of fused-ring (bicyclic) bond motifs is 1. The van der Waals surface area contributed by atoms with Gasteiger partial charge in [0.1, 0.15) is 5.58 Å². The van der Waals surface area contributed by atoms with Gasteiger partial charge in [0.15, 0.2) is 5.96 Å². The van der Waals surface area contributed by atoms with Gasteiger partial charge in [-0.3, -0.25) is 5.41 Å². The zero-order valence-corrected chi connectivity index (χ0v) is 13.3. The van der Waals surface area contributed by atoms with E-state index in [-0.39, 0.29) is 17.2 Å². The third-order valence-corrected chi connectivity index (χ3v) is 3.82. The molecule has 0 unspecified atom stereocenters. The lowest BCUT2D eigenvalue weighted by atomic mass is 9.98. The minimum Gasteiger partial charge on any atom is -0.478 e. The molecule has 3 rings (SSSR count). The number of carbonyl (C=O) groups is 1. The standard InChI is InChI=1S/C18H15N3O4/c1-9-7-15(22)25-14-8-10(5-6-11(9)14)12-3-2-4-13(17(23)24)16(12)21-18(19)20/h2-8H,1H3,(H,23,24)(H4,19,20,21). The first-order valence-electron chi connectivity index (χ1n) is 7.39. The van der Waals surface area contributed by atoms with Crippen LogP contribution in [0.15, 0.2) is 51.7 Å². The third-order valence-electron chi connectivity index (χ3n) is 3.82. The number of hydrogen-bond acceptors (Lipinski definition) is 4. The third kappa shape index (κ3) is 3.07. The Morgan fingerprint density at radius 2 is 2.00 bits per heavy atom. The molecule has 126 valence electrons. The molecule has 0 saturated heterocycles. The molecular formula is C18H15N3O4. The molecule has 0 aliphatic carbocycles. The lowest BCUT2D eigenvalue weighted by molar-refractivity contribution is 0.0698. The van der Waals surface area contributed by atoms with Gasteiger partial charge in [-0.15, -0.1) is 0 Å². The van der Waals surface area contributed by atoms with E-state index in [2.05, 4.69) is 5.32 Å². The number of carboxylic acid groups (broad SMARTS) is 1. The summed E-state index contributed by atoms with van der Waals surface area (Å²) in [6, 6.07) is 11.4. The van der Waals surface area contributed by atoms with Gasteiger partial charge in [0.05, 0.1) is 11.3 Å². The van der Waals surface area contributed by atoms with E-state index in [1.54, 1.807) is 30.3 Å². The second kappa shape index (κ2) is 6.12. The molecule has 3 aromatic rings. The molecule has 7 heteroatoms. The highest BCUT2D eigenvalue weighted by Gasteiger charge is 2.16. The van der Waals surface area contributed by atoms with E-state index >= 15 is 0 Å². The van der Waals surface area contributed by atoms with E-state index < -0.39 is 11.6 Å². The number of nitrogens with one attached hydrogen (secondary N) is 2. The van der Waals surface area contributed by atoms with Gasteiger partial charge in [-0.05, 0) is 30.2 Å². The predicted molar refractivity (Wildman–Crippen MR) is 95.2 cm³/mol. The van der Waals surface area contributed by atoms with E-state index in [1.165, 1.54) is 12.1 Å². The molecule has 1 heterocycles. The number of aryl methyl sites for hydroxylation is 1. The molecular weight excluding hydrogens is 322 g/mol. The van der Waals surface area contributed by atoms with Crippen molar-refractivity contribution in [1.29, 1.82) is 5.41 Å². The average molecular weight is 337 g/mol. The number of guanidine groups is 1. The minimum atomic E-state index is -1.14. The fourth-order valence-electron chi connectivity index (χ4n) is 2.73. The number of carboxylic acids is 1. The summed E-state index contributed by atoms with van der Waals surface area (Å²) in [5.74, 6) is -1.52. The first kappa shape index (κ1) is 16.3. The summed E-state index contributed by atoms with van der Waals surface area (Å²) in [5, 5.41) is 20.2. The van der Waals surface area contributed by atoms with Gasteiger partial charge in [-0.1, -0.05) is 24.3 Å². The molecule has 0 aliphatic heterocycles. The van der Waals surface area contributed by atoms with Gasteiger partial charge in [-0.25, -0.2) is 9.59 Å². The number of para-hydroxylation sites is 1. The molecule has 25 heavy (non-hydrogen) atoms. The number of nitrogens with two attached hydrogens (primary N) is 1. The van der Waals surface area contributed by atoms with Gasteiger partial charge in [0.2, 0.25) is 0 Å². The fourth-order valence-corrected chi connectivity index (χ4v) is 2.73. The SMILES string of the molecule is Cc1cc(=O)oc2cc(-c3cccc(C(=O)O)c3NC(=N)N)ccc12. The summed E-state index contributed by atoms with van der Waals surface area (Å²) < 4.78 is 5.24. The monoisotopic (exact) mass is 337 g/mol. The molecule has 0 aliphatic rings. The van der Waals surface area contributed by atoms with Crippen LogP contribution < -0.4 is 16.7 Å². The maximum atomic E-state index is 11.6. The molecule has 5 N–H and O–H groups in total. The van der Waals surface area contributed by atoms with E-state index in [1.807, 2.05) is 6.92 Å². The van der Waals surface area contributed by atoms with E-state index in [9.17, 15) is 14.7 Å². The summed E-state index contributed by atoms with van der Waals surface area (Å²) in [5.41, 5.74) is 7.48. The lowest BCUT2D eigenvalue weighted by Gasteiger charge is -2.14. The summed E-state index contributed by atoms with van der Waals surface area (Å²) in [4.78, 5) is 23.1. The van der Waals surface area contributed by atoms with Crippen LogP contribution in [0.25, 0.3) is 22.1 Å². The van der Waals surface area contributed by atoms with Crippen LogP contribution in [0.4, 0.5) is 5.69 Å². The van der Waals surface area contributed by atoms with Crippen molar-refractivity contribution in [3.8, 4) is 11.1 Å². The number of rotatable bonds is 3. The second-order valence-corrected chi connectivity index (χ2v) is 5.53. The van der Waals surface area contributed by atoms with Crippen molar-refractivity contribution in [3.63, 3.8) is 0 Å². The quantitative estimate of drug-likeness (QED) is 0.330. The summed E-state index contributed by atoms with van der Waals surface area (Å²) in [6.45, 7) is 1.81. The van der Waals surface area contributed by atoms with Gasteiger partial charge in [-0.2, -0.15) is 0 Å². The Kier molecular flexibility index (Phi) is 3.98. The van der Waals surface area contributed by atoms with E-state index in [4.69, 9.17) is 15.6 Å². The highest BCUT2D eigenvalue weighted by atomic mass is 16.4. The molecule has 0 radical (unpaired) electrons. The van der Waals surface area contributed by atoms with Crippen LogP contribution in [-0.2, 0) is 0 Å². The topological polar surface area (TPSA) is 129 Å². The molecule has 7 nitrogen and oxygen atoms in total. The number of hydrogen-bond donors (Lipinski definition) is 4. The molecule has 0 fully saturated rings. The second-order valence-electron chi connectivity index (χ2n) is 5.53. The molecule has 0 amide bonds. The van der Waals surface area contributed by atoms with E-state index in [0.29, 0.717) is 16.7 Å². The molecule has 0 atom stereocenters. The van der Waals surface area contributed by atoms with Crippen LogP contribution in [0.1, 0.15) is 15.9 Å². The Morgan fingerprint density at radius 3 is 2.68 bits per heavy atom. The first-order chi connectivity index (χ1) is 11.9. The average Bonchev–Trinajstić information content (AvgIpc) is 2.53. The lowest BCUT2D eigenvalue weighted by Crippen LogP contribution is -2.22. The van der Waals surface area contributed by atoms with Crippen molar-refractivity contribution in [1.82, 2.24) is 0 Å². The van der Waals surface area contributed by atoms with E-state index in [0.717, 1.165) is 10.9 Å². The Morgan fingerprint density at radius 1 is 1.24 bits per heavy atom. The Hall–Kier alpha value is -3.61. The first-order valence-corrected chi connectivity index (χ1v) is 7.39. The van der Waals surface area contributed by atoms with Crippen LogP contribution in [0, 0.1) is 12.3 Å². The van der Waals surface area contributed by atoms with Crippen molar-refractivity contribution in [3.05, 3.63) is 64.0 Å². The van der Waals surface area contributed by atoms with Gasteiger partial charge in [0, 0.05) is 17.0 Å². The summed E-state index contributed by atoms with van der Waals surface area (Å²) in [7, 11) is 0. The van der Waals surface area contributed by atoms with Gasteiger partial charge < -0.3 is 20.6 Å². The zero-order valence-electron chi connectivity index (χ0n) is 13.3. The molecule has 2 aromatic carbocycles. The number of aromatic carboxylic acids is 1. The largest absolute Gasteiger partial charge is 0.478 e. The van der Waals surface area contributed by atoms with Crippen molar-refractivity contribution >= 4 is 28.6 Å². The molecule has 0 saturated carbocycles. The van der Waals surface area contributed by atoms with Gasteiger partial charge >= 0.3 is 11.6 Å². The smallest absolute Gasteiger partial charge is 0.337 e. The molecule has 0 bridgehead atoms. The van der Waals surface area contributed by atoms with Crippen LogP contribution >= 0.6 is 0 Å². The van der Waals surface area contributed by atoms with Crippen LogP contribution in [0.3, 0.4) is 0 Å². The maximum absolute atomic E-state index is 11.6. The number of benzene rings is 2. The predicted octanol–water partition coefficient (Wildman–Crippen LogP) is 2.77. The highest BCUT2D eigenvalue weighted by Crippen LogP contribution is 2.33. The van der Waals surface area contributed by atoms with Crippen molar-refractivity contribution in [2.45, 2.75) is 6.92 Å². The van der Waals surface area contributed by atoms with Crippen molar-refractivity contribution in [2.24, 2.45) is 5.73 Å². The Labute approximate surface area is 142 Å². The maximum Gasteiger partial charge on any atom is 0.337 e. The van der Waals surface area contributed by atoms with Crippen LogP contribution in [0.5, 0.6) is 0 Å². The van der Waals surface area contributed by atoms with Crippen LogP contribution in [0.2, 0.25) is 0 Å². The summed E-state index contributed by atoms with van der Waals surface area (Å²) in [6.07, 6.45) is 0. The minimum absolute atomic E-state index is 0.0153. The Bertz CT molecular complexity index is 1070. The normalized spacial score (nSPS) is 10.6. The van der Waals surface area contributed by atoms with Gasteiger partial charge in [0.25, 0.3) is 0 Å². The van der Waals surface area contributed by atoms with Crippen molar-refractivity contribution < 1.29 is 14.3 Å². The highest BCUT2D eigenvalue weighted by molar-refractivity contribution is 6.05.